The summed E-state index contributed by atoms with van der Waals surface area (Å²) in [6.45, 7) is 7.20. The van der Waals surface area contributed by atoms with Crippen LogP contribution in [-0.2, 0) is 4.79 Å². The molecule has 128 valence electrons. The monoisotopic (exact) mass is 348 g/mol. The van der Waals surface area contributed by atoms with Gasteiger partial charge in [0.2, 0.25) is 11.1 Å². The maximum Gasteiger partial charge on any atom is 0.321 e. The fourth-order valence-corrected chi connectivity index (χ4v) is 2.46. The molecule has 0 fully saturated rings. The molecule has 0 aromatic carbocycles. The van der Waals surface area contributed by atoms with Crippen LogP contribution in [0, 0.1) is 0 Å². The molecule has 0 saturated heterocycles. The number of imide groups is 1. The number of H-pyrrole nitrogens is 1. The molecule has 2 aromatic rings. The topological polar surface area (TPSA) is 113 Å². The van der Waals surface area contributed by atoms with Crippen molar-refractivity contribution in [2.24, 2.45) is 0 Å². The van der Waals surface area contributed by atoms with Crippen molar-refractivity contribution in [2.45, 2.75) is 43.6 Å². The molecular weight excluding hydrogens is 328 g/mol. The Morgan fingerprint density at radius 1 is 1.25 bits per heavy atom. The number of rotatable bonds is 4. The van der Waals surface area contributed by atoms with Crippen LogP contribution >= 0.6 is 11.8 Å². The summed E-state index contributed by atoms with van der Waals surface area (Å²) in [5.74, 6) is 0.190. The first-order valence-corrected chi connectivity index (χ1v) is 8.25. The van der Waals surface area contributed by atoms with E-state index >= 15 is 0 Å². The Balaban J connectivity index is 1.92. The Hall–Kier alpha value is -2.42. The van der Waals surface area contributed by atoms with Gasteiger partial charge in [-0.25, -0.2) is 9.78 Å². The van der Waals surface area contributed by atoms with Gasteiger partial charge in [-0.05, 0) is 39.8 Å². The predicted octanol–water partition coefficient (Wildman–Crippen LogP) is 1.97. The van der Waals surface area contributed by atoms with E-state index in [9.17, 15) is 9.59 Å². The van der Waals surface area contributed by atoms with Crippen LogP contribution in [0.2, 0.25) is 0 Å². The van der Waals surface area contributed by atoms with Crippen molar-refractivity contribution < 1.29 is 9.59 Å². The first-order chi connectivity index (χ1) is 11.2. The number of urea groups is 1. The Morgan fingerprint density at radius 3 is 2.54 bits per heavy atom. The molecule has 2 aromatic heterocycles. The predicted molar refractivity (Wildman–Crippen MR) is 91.4 cm³/mol. The maximum absolute atomic E-state index is 12.1. The lowest BCUT2D eigenvalue weighted by Gasteiger charge is -2.20. The second-order valence-electron chi connectivity index (χ2n) is 6.16. The summed E-state index contributed by atoms with van der Waals surface area (Å²) in [6.07, 6.45) is 3.32. The third kappa shape index (κ3) is 5.34. The van der Waals surface area contributed by atoms with Gasteiger partial charge >= 0.3 is 6.03 Å². The molecule has 0 unspecified atom stereocenters. The van der Waals surface area contributed by atoms with Crippen LogP contribution in [-0.4, -0.2) is 42.9 Å². The summed E-state index contributed by atoms with van der Waals surface area (Å²) in [7, 11) is 0. The Morgan fingerprint density at radius 2 is 1.92 bits per heavy atom. The van der Waals surface area contributed by atoms with Crippen molar-refractivity contribution in [1.82, 2.24) is 30.8 Å². The highest BCUT2D eigenvalue weighted by Crippen LogP contribution is 2.22. The zero-order valence-corrected chi connectivity index (χ0v) is 14.8. The summed E-state index contributed by atoms with van der Waals surface area (Å²) >= 11 is 1.17. The highest BCUT2D eigenvalue weighted by molar-refractivity contribution is 8.00. The van der Waals surface area contributed by atoms with Gasteiger partial charge in [0.1, 0.15) is 0 Å². The highest BCUT2D eigenvalue weighted by Gasteiger charge is 2.21. The number of thioether (sulfide) groups is 1. The van der Waals surface area contributed by atoms with E-state index in [1.54, 1.807) is 19.3 Å². The Labute approximate surface area is 144 Å². The van der Waals surface area contributed by atoms with E-state index in [-0.39, 0.29) is 0 Å². The SMILES string of the molecule is C[C@H](Sc1n[nH]c(-c2ccncc2)n1)C(=O)NC(=O)NC(C)(C)C. The number of carbonyl (C=O) groups excluding carboxylic acids is 2. The zero-order chi connectivity index (χ0) is 17.7. The number of hydrogen-bond acceptors (Lipinski definition) is 6. The van der Waals surface area contributed by atoms with Gasteiger partial charge in [-0.2, -0.15) is 0 Å². The quantitative estimate of drug-likeness (QED) is 0.728. The second kappa shape index (κ2) is 7.43. The van der Waals surface area contributed by atoms with Crippen molar-refractivity contribution in [2.75, 3.05) is 0 Å². The minimum Gasteiger partial charge on any atom is -0.333 e. The molecule has 2 rings (SSSR count). The lowest BCUT2D eigenvalue weighted by Crippen LogP contribution is -2.49. The molecular formula is C15H20N6O2S. The molecule has 0 bridgehead atoms. The molecule has 0 radical (unpaired) electrons. The molecule has 3 amide bonds. The molecule has 0 saturated carbocycles. The molecule has 1 atom stereocenters. The van der Waals surface area contributed by atoms with Gasteiger partial charge in [-0.3, -0.25) is 20.2 Å². The summed E-state index contributed by atoms with van der Waals surface area (Å²) in [4.78, 5) is 32.0. The highest BCUT2D eigenvalue weighted by atomic mass is 32.2. The average Bonchev–Trinajstić information content (AvgIpc) is 2.94. The number of nitrogens with one attached hydrogen (secondary N) is 3. The fraction of sp³-hybridized carbons (Fsp3) is 0.400. The van der Waals surface area contributed by atoms with Crippen LogP contribution in [0.25, 0.3) is 11.4 Å². The molecule has 0 aliphatic heterocycles. The van der Waals surface area contributed by atoms with Gasteiger partial charge in [-0.15, -0.1) is 5.10 Å². The maximum atomic E-state index is 12.1. The van der Waals surface area contributed by atoms with Gasteiger partial charge < -0.3 is 5.32 Å². The smallest absolute Gasteiger partial charge is 0.321 e. The summed E-state index contributed by atoms with van der Waals surface area (Å²) in [5.41, 5.74) is 0.440. The van der Waals surface area contributed by atoms with Crippen LogP contribution in [0.4, 0.5) is 4.79 Å². The number of aromatic nitrogens is 4. The van der Waals surface area contributed by atoms with E-state index in [1.807, 2.05) is 32.9 Å². The van der Waals surface area contributed by atoms with Crippen LogP contribution in [0.1, 0.15) is 27.7 Å². The van der Waals surface area contributed by atoms with Crippen molar-refractivity contribution in [3.63, 3.8) is 0 Å². The van der Waals surface area contributed by atoms with E-state index in [0.29, 0.717) is 11.0 Å². The summed E-state index contributed by atoms with van der Waals surface area (Å²) in [6, 6.07) is 3.09. The van der Waals surface area contributed by atoms with E-state index in [0.717, 1.165) is 5.56 Å². The third-order valence-corrected chi connectivity index (χ3v) is 3.76. The van der Waals surface area contributed by atoms with Crippen LogP contribution in [0.3, 0.4) is 0 Å². The van der Waals surface area contributed by atoms with Crippen molar-refractivity contribution >= 4 is 23.7 Å². The van der Waals surface area contributed by atoms with Crippen molar-refractivity contribution in [1.29, 1.82) is 0 Å². The van der Waals surface area contributed by atoms with Gasteiger partial charge in [0.25, 0.3) is 0 Å². The number of amides is 3. The van der Waals surface area contributed by atoms with Crippen LogP contribution in [0.15, 0.2) is 29.7 Å². The Bertz CT molecular complexity index is 710. The third-order valence-electron chi connectivity index (χ3n) is 2.80. The minimum atomic E-state index is -0.521. The fourth-order valence-electron chi connectivity index (χ4n) is 1.74. The number of aromatic amines is 1. The normalized spacial score (nSPS) is 12.5. The lowest BCUT2D eigenvalue weighted by molar-refractivity contribution is -0.119. The minimum absolute atomic E-state index is 0.406. The number of hydrogen-bond donors (Lipinski definition) is 3. The standard InChI is InChI=1S/C15H20N6O2S/c1-9(12(22)18-13(23)19-15(2,3)4)24-14-17-11(20-21-14)10-5-7-16-8-6-10/h5-9H,1-4H3,(H,17,20,21)(H2,18,19,22,23)/t9-/m0/s1. The molecule has 2 heterocycles. The summed E-state index contributed by atoms with van der Waals surface area (Å²) in [5, 5.41) is 11.8. The second-order valence-corrected chi connectivity index (χ2v) is 7.46. The Kier molecular flexibility index (Phi) is 5.55. The molecule has 0 aliphatic rings. The largest absolute Gasteiger partial charge is 0.333 e. The number of pyridine rings is 1. The first-order valence-electron chi connectivity index (χ1n) is 7.37. The van der Waals surface area contributed by atoms with Gasteiger partial charge in [0.05, 0.1) is 5.25 Å². The molecule has 24 heavy (non-hydrogen) atoms. The van der Waals surface area contributed by atoms with Gasteiger partial charge in [-0.1, -0.05) is 11.8 Å². The van der Waals surface area contributed by atoms with E-state index < -0.39 is 22.7 Å². The van der Waals surface area contributed by atoms with Gasteiger partial charge in [0, 0.05) is 23.5 Å². The van der Waals surface area contributed by atoms with Crippen molar-refractivity contribution in [3.8, 4) is 11.4 Å². The van der Waals surface area contributed by atoms with Crippen LogP contribution < -0.4 is 10.6 Å². The van der Waals surface area contributed by atoms with Crippen LogP contribution in [0.5, 0.6) is 0 Å². The molecule has 0 aliphatic carbocycles. The molecule has 3 N–H and O–H groups in total. The van der Waals surface area contributed by atoms with E-state index in [2.05, 4.69) is 30.8 Å². The van der Waals surface area contributed by atoms with E-state index in [4.69, 9.17) is 0 Å². The lowest BCUT2D eigenvalue weighted by atomic mass is 10.1. The van der Waals surface area contributed by atoms with E-state index in [1.165, 1.54) is 11.8 Å². The molecule has 0 spiro atoms. The number of carbonyl (C=O) groups is 2. The van der Waals surface area contributed by atoms with Gasteiger partial charge in [0.15, 0.2) is 5.82 Å². The zero-order valence-electron chi connectivity index (χ0n) is 14.0. The van der Waals surface area contributed by atoms with Crippen molar-refractivity contribution in [3.05, 3.63) is 24.5 Å². The average molecular weight is 348 g/mol. The molecule has 8 nitrogen and oxygen atoms in total. The molecule has 9 heteroatoms. The summed E-state index contributed by atoms with van der Waals surface area (Å²) < 4.78 is 0. The number of nitrogens with zero attached hydrogens (tertiary/aromatic N) is 3. The first kappa shape index (κ1) is 17.9.